The fourth-order valence-corrected chi connectivity index (χ4v) is 4.14. The molecule has 4 rings (SSSR count). The number of Topliss-reactive ketones (excluding diaryl/α,β-unsaturated/α-hetero) is 1. The van der Waals surface area contributed by atoms with E-state index in [2.05, 4.69) is 15.5 Å². The summed E-state index contributed by atoms with van der Waals surface area (Å²) in [5, 5.41) is 9.48. The average Bonchev–Trinajstić information content (AvgIpc) is 3.46. The fourth-order valence-electron chi connectivity index (χ4n) is 3.27. The molecule has 1 atom stereocenters. The maximum atomic E-state index is 12.5. The van der Waals surface area contributed by atoms with Crippen molar-refractivity contribution in [3.63, 3.8) is 0 Å². The molecule has 1 N–H and O–H groups in total. The molecular weight excluding hydrogens is 462 g/mol. The van der Waals surface area contributed by atoms with Gasteiger partial charge in [0.15, 0.2) is 16.6 Å². The summed E-state index contributed by atoms with van der Waals surface area (Å²) in [4.78, 5) is 28.9. The minimum Gasteiger partial charge on any atom is -0.441 e. The largest absolute Gasteiger partial charge is 0.441 e. The summed E-state index contributed by atoms with van der Waals surface area (Å²) in [5.41, 5.74) is 3.18. The van der Waals surface area contributed by atoms with E-state index >= 15 is 0 Å². The van der Waals surface area contributed by atoms with Gasteiger partial charge in [-0.3, -0.25) is 10.1 Å². The zero-order valence-electron chi connectivity index (χ0n) is 17.9. The molecule has 168 valence electrons. The highest BCUT2D eigenvalue weighted by Crippen LogP contribution is 2.32. The van der Waals surface area contributed by atoms with Crippen molar-refractivity contribution in [1.82, 2.24) is 10.1 Å². The highest BCUT2D eigenvalue weighted by Gasteiger charge is 2.21. The highest BCUT2D eigenvalue weighted by molar-refractivity contribution is 7.11. The molecule has 7 nitrogen and oxygen atoms in total. The van der Waals surface area contributed by atoms with Crippen LogP contribution in [0.3, 0.4) is 0 Å². The van der Waals surface area contributed by atoms with E-state index in [1.165, 1.54) is 11.3 Å². The normalized spacial score (nSPS) is 11.7. The van der Waals surface area contributed by atoms with Crippen molar-refractivity contribution in [2.75, 3.05) is 5.32 Å². The van der Waals surface area contributed by atoms with Gasteiger partial charge >= 0.3 is 6.09 Å². The minimum atomic E-state index is -0.652. The standard InChI is InChI=1S/C24H20ClN3O4S/c1-14-21(27-24(30)31-15(2)18-5-3-4-6-19(18)25)22(32-28-14)17-9-7-16(8-10-17)13-20(29)23-26-11-12-33-23/h3-12,15H,13H2,1-2H3,(H,27,30). The predicted molar refractivity (Wildman–Crippen MR) is 127 cm³/mol. The van der Waals surface area contributed by atoms with Crippen LogP contribution in [0.1, 0.15) is 39.7 Å². The Kier molecular flexibility index (Phi) is 6.86. The van der Waals surface area contributed by atoms with E-state index in [4.69, 9.17) is 20.9 Å². The zero-order valence-corrected chi connectivity index (χ0v) is 19.4. The number of anilines is 1. The number of amides is 1. The van der Waals surface area contributed by atoms with Crippen molar-refractivity contribution < 1.29 is 18.8 Å². The Bertz CT molecular complexity index is 1270. The Morgan fingerprint density at radius 1 is 1.18 bits per heavy atom. The lowest BCUT2D eigenvalue weighted by atomic mass is 10.0. The van der Waals surface area contributed by atoms with Gasteiger partial charge in [-0.15, -0.1) is 11.3 Å². The molecule has 0 saturated heterocycles. The van der Waals surface area contributed by atoms with Gasteiger partial charge in [-0.1, -0.05) is 59.2 Å². The van der Waals surface area contributed by atoms with Gasteiger partial charge in [-0.25, -0.2) is 9.78 Å². The number of nitrogens with zero attached hydrogens (tertiary/aromatic N) is 2. The van der Waals surface area contributed by atoms with E-state index in [0.717, 1.165) is 5.56 Å². The number of nitrogens with one attached hydrogen (secondary N) is 1. The lowest BCUT2D eigenvalue weighted by molar-refractivity contribution is 0.0992. The molecule has 33 heavy (non-hydrogen) atoms. The first-order valence-electron chi connectivity index (χ1n) is 10.1. The van der Waals surface area contributed by atoms with Gasteiger partial charge in [0, 0.05) is 34.1 Å². The number of hydrogen-bond acceptors (Lipinski definition) is 7. The second-order valence-corrected chi connectivity index (χ2v) is 8.60. The number of rotatable bonds is 7. The van der Waals surface area contributed by atoms with Gasteiger partial charge in [-0.2, -0.15) is 0 Å². The van der Waals surface area contributed by atoms with E-state index < -0.39 is 12.2 Å². The molecule has 0 fully saturated rings. The second kappa shape index (κ2) is 9.97. The van der Waals surface area contributed by atoms with Crippen LogP contribution in [-0.4, -0.2) is 22.0 Å². The van der Waals surface area contributed by atoms with E-state index in [1.807, 2.05) is 36.4 Å². The molecule has 1 unspecified atom stereocenters. The molecular formula is C24H20ClN3O4S. The third kappa shape index (κ3) is 5.30. The van der Waals surface area contributed by atoms with Gasteiger partial charge in [0.2, 0.25) is 0 Å². The van der Waals surface area contributed by atoms with Crippen LogP contribution >= 0.6 is 22.9 Å². The summed E-state index contributed by atoms with van der Waals surface area (Å²) in [6.07, 6.45) is 0.667. The first-order valence-corrected chi connectivity index (χ1v) is 11.4. The number of hydrogen-bond donors (Lipinski definition) is 1. The van der Waals surface area contributed by atoms with E-state index in [0.29, 0.717) is 38.3 Å². The molecule has 0 saturated carbocycles. The topological polar surface area (TPSA) is 94.3 Å². The van der Waals surface area contributed by atoms with Gasteiger partial charge < -0.3 is 9.26 Å². The van der Waals surface area contributed by atoms with Crippen molar-refractivity contribution >= 4 is 40.5 Å². The lowest BCUT2D eigenvalue weighted by Crippen LogP contribution is -2.17. The molecule has 2 heterocycles. The first-order chi connectivity index (χ1) is 15.9. The van der Waals surface area contributed by atoms with Crippen molar-refractivity contribution in [2.24, 2.45) is 0 Å². The smallest absolute Gasteiger partial charge is 0.412 e. The molecule has 0 bridgehead atoms. The first kappa shape index (κ1) is 22.7. The summed E-state index contributed by atoms with van der Waals surface area (Å²) in [7, 11) is 0. The predicted octanol–water partition coefficient (Wildman–Crippen LogP) is 6.50. The van der Waals surface area contributed by atoms with Gasteiger partial charge in [0.25, 0.3) is 0 Å². The van der Waals surface area contributed by atoms with E-state index in [1.54, 1.807) is 37.6 Å². The molecule has 0 spiro atoms. The number of benzene rings is 2. The average molecular weight is 482 g/mol. The molecule has 0 aliphatic heterocycles. The summed E-state index contributed by atoms with van der Waals surface area (Å²) in [6, 6.07) is 14.5. The number of halogens is 1. The van der Waals surface area contributed by atoms with Crippen molar-refractivity contribution in [1.29, 1.82) is 0 Å². The van der Waals surface area contributed by atoms with Crippen LogP contribution < -0.4 is 5.32 Å². The molecule has 2 aromatic carbocycles. The summed E-state index contributed by atoms with van der Waals surface area (Å²) in [6.45, 7) is 3.47. The Morgan fingerprint density at radius 3 is 2.64 bits per heavy atom. The van der Waals surface area contributed by atoms with Gasteiger partial charge in [0.1, 0.15) is 17.5 Å². The molecule has 0 aliphatic rings. The Hall–Kier alpha value is -3.49. The second-order valence-electron chi connectivity index (χ2n) is 7.30. The summed E-state index contributed by atoms with van der Waals surface area (Å²) >= 11 is 7.51. The highest BCUT2D eigenvalue weighted by atomic mass is 35.5. The van der Waals surface area contributed by atoms with Gasteiger partial charge in [-0.05, 0) is 25.5 Å². The quantitative estimate of drug-likeness (QED) is 0.303. The molecule has 4 aromatic rings. The molecule has 0 radical (unpaired) electrons. The molecule has 9 heteroatoms. The van der Waals surface area contributed by atoms with Crippen LogP contribution in [0.15, 0.2) is 64.6 Å². The number of aromatic nitrogens is 2. The van der Waals surface area contributed by atoms with Crippen LogP contribution in [0.25, 0.3) is 11.3 Å². The molecule has 2 aromatic heterocycles. The third-order valence-corrected chi connectivity index (χ3v) is 6.13. The Labute approximate surface area is 199 Å². The number of carbonyl (C=O) groups excluding carboxylic acids is 2. The SMILES string of the molecule is Cc1noc(-c2ccc(CC(=O)c3nccs3)cc2)c1NC(=O)OC(C)c1ccccc1Cl. The van der Waals surface area contributed by atoms with Crippen molar-refractivity contribution in [3.05, 3.63) is 87.0 Å². The number of ether oxygens (including phenoxy) is 1. The van der Waals surface area contributed by atoms with Crippen LogP contribution in [0.4, 0.5) is 10.5 Å². The number of carbonyl (C=O) groups is 2. The monoisotopic (exact) mass is 481 g/mol. The van der Waals surface area contributed by atoms with Crippen LogP contribution in [-0.2, 0) is 11.2 Å². The third-order valence-electron chi connectivity index (χ3n) is 4.97. The van der Waals surface area contributed by atoms with Crippen molar-refractivity contribution in [3.8, 4) is 11.3 Å². The zero-order chi connectivity index (χ0) is 23.4. The van der Waals surface area contributed by atoms with E-state index in [9.17, 15) is 9.59 Å². The van der Waals surface area contributed by atoms with Crippen molar-refractivity contribution in [2.45, 2.75) is 26.4 Å². The summed E-state index contributed by atoms with van der Waals surface area (Å²) < 4.78 is 10.9. The van der Waals surface area contributed by atoms with Crippen LogP contribution in [0, 0.1) is 6.92 Å². The van der Waals surface area contributed by atoms with Crippen LogP contribution in [0.5, 0.6) is 0 Å². The minimum absolute atomic E-state index is 0.0361. The number of aryl methyl sites for hydroxylation is 1. The number of thiazole rings is 1. The Balaban J connectivity index is 1.45. The molecule has 1 amide bonds. The van der Waals surface area contributed by atoms with E-state index in [-0.39, 0.29) is 12.2 Å². The fraction of sp³-hybridized carbons (Fsp3) is 0.167. The summed E-state index contributed by atoms with van der Waals surface area (Å²) in [5.74, 6) is 0.360. The Morgan fingerprint density at radius 2 is 1.94 bits per heavy atom. The van der Waals surface area contributed by atoms with Gasteiger partial charge in [0.05, 0.1) is 0 Å². The number of ketones is 1. The van der Waals surface area contributed by atoms with Crippen LogP contribution in [0.2, 0.25) is 5.02 Å². The lowest BCUT2D eigenvalue weighted by Gasteiger charge is -2.15. The maximum Gasteiger partial charge on any atom is 0.412 e. The maximum absolute atomic E-state index is 12.5. The molecule has 0 aliphatic carbocycles.